The monoisotopic (exact) mass is 370 g/mol. The van der Waals surface area contributed by atoms with Crippen LogP contribution in [0.5, 0.6) is 0 Å². The van der Waals surface area contributed by atoms with Gasteiger partial charge in [0.15, 0.2) is 5.69 Å². The second-order valence-corrected chi connectivity index (χ2v) is 7.94. The molecule has 3 heterocycles. The first kappa shape index (κ1) is 17.0. The number of anilines is 2. The number of aryl methyl sites for hydroxylation is 1. The molecule has 1 fully saturated rings. The van der Waals surface area contributed by atoms with E-state index in [0.717, 1.165) is 41.8 Å². The number of hydrogen-bond donors (Lipinski definition) is 2. The largest absolute Gasteiger partial charge is 0.389 e. The molecule has 0 atom stereocenters. The molecular formula is C18H22N6OS. The van der Waals surface area contributed by atoms with Gasteiger partial charge in [0.2, 0.25) is 0 Å². The number of aromatic nitrogens is 3. The van der Waals surface area contributed by atoms with Gasteiger partial charge < -0.3 is 16.0 Å². The molecule has 4 rings (SSSR count). The van der Waals surface area contributed by atoms with Crippen LogP contribution in [0.4, 0.5) is 10.7 Å². The van der Waals surface area contributed by atoms with Crippen LogP contribution >= 0.6 is 11.3 Å². The summed E-state index contributed by atoms with van der Waals surface area (Å²) in [6.07, 6.45) is 4.03. The number of likely N-dealkylation sites (tertiary alicyclic amines) is 1. The molecule has 7 nitrogen and oxygen atoms in total. The third-order valence-corrected chi connectivity index (χ3v) is 5.88. The van der Waals surface area contributed by atoms with Crippen molar-refractivity contribution in [3.05, 3.63) is 35.1 Å². The number of thiazole rings is 1. The van der Waals surface area contributed by atoms with Crippen molar-refractivity contribution in [2.24, 2.45) is 7.05 Å². The minimum Gasteiger partial charge on any atom is -0.389 e. The fraction of sp³-hybridized carbons (Fsp3) is 0.389. The van der Waals surface area contributed by atoms with Gasteiger partial charge in [0, 0.05) is 30.2 Å². The Morgan fingerprint density at radius 2 is 2.08 bits per heavy atom. The lowest BCUT2D eigenvalue weighted by atomic mass is 9.98. The highest BCUT2D eigenvalue weighted by molar-refractivity contribution is 7.16. The topological polar surface area (TPSA) is 89.1 Å². The molecule has 0 saturated carbocycles. The van der Waals surface area contributed by atoms with E-state index in [0.29, 0.717) is 22.3 Å². The fourth-order valence-corrected chi connectivity index (χ4v) is 4.36. The number of rotatable bonds is 3. The average Bonchev–Trinajstić information content (AvgIpc) is 3.17. The Balaban J connectivity index is 1.52. The molecule has 0 radical (unpaired) electrons. The molecule has 1 aliphatic rings. The van der Waals surface area contributed by atoms with Gasteiger partial charge in [-0.1, -0.05) is 0 Å². The number of amides is 1. The third-order valence-electron chi connectivity index (χ3n) is 4.83. The lowest BCUT2D eigenvalue weighted by Crippen LogP contribution is -2.29. The Kier molecular flexibility index (Phi) is 4.37. The third kappa shape index (κ3) is 3.30. The first-order valence-corrected chi connectivity index (χ1v) is 9.51. The summed E-state index contributed by atoms with van der Waals surface area (Å²) in [5.74, 6) is 0.132. The maximum Gasteiger partial charge on any atom is 0.277 e. The molecule has 1 aliphatic heterocycles. The van der Waals surface area contributed by atoms with Crippen LogP contribution in [-0.4, -0.2) is 45.7 Å². The van der Waals surface area contributed by atoms with Gasteiger partial charge in [-0.15, -0.1) is 11.3 Å². The Labute approximate surface area is 155 Å². The summed E-state index contributed by atoms with van der Waals surface area (Å²) in [7, 11) is 4.00. The van der Waals surface area contributed by atoms with Gasteiger partial charge in [0.05, 0.1) is 10.5 Å². The quantitative estimate of drug-likeness (QED) is 0.740. The van der Waals surface area contributed by atoms with Gasteiger partial charge in [-0.05, 0) is 51.2 Å². The van der Waals surface area contributed by atoms with Crippen LogP contribution < -0.4 is 11.1 Å². The number of carbonyl (C=O) groups excluding carboxylic acids is 1. The molecule has 1 saturated heterocycles. The van der Waals surface area contributed by atoms with Gasteiger partial charge in [0.25, 0.3) is 5.91 Å². The molecule has 26 heavy (non-hydrogen) atoms. The SMILES string of the molecule is CN1CCC(c2nc(C(=O)Nc3ccc4nn(C)cc4c3)c(N)s2)CC1. The van der Waals surface area contributed by atoms with E-state index < -0.39 is 0 Å². The number of carbonyl (C=O) groups is 1. The number of nitrogens with one attached hydrogen (secondary N) is 1. The lowest BCUT2D eigenvalue weighted by Gasteiger charge is -2.27. The first-order valence-electron chi connectivity index (χ1n) is 8.69. The highest BCUT2D eigenvalue weighted by atomic mass is 32.1. The molecule has 0 spiro atoms. The smallest absolute Gasteiger partial charge is 0.277 e. The molecule has 1 amide bonds. The second kappa shape index (κ2) is 6.69. The molecule has 1 aromatic carbocycles. The van der Waals surface area contributed by atoms with Gasteiger partial charge in [0.1, 0.15) is 5.00 Å². The predicted molar refractivity (Wildman–Crippen MR) is 105 cm³/mol. The van der Waals surface area contributed by atoms with Crippen LogP contribution in [0.25, 0.3) is 10.9 Å². The number of piperidine rings is 1. The van der Waals surface area contributed by atoms with Crippen LogP contribution in [-0.2, 0) is 7.05 Å². The molecule has 3 aromatic rings. The van der Waals surface area contributed by atoms with Gasteiger partial charge in [-0.3, -0.25) is 9.48 Å². The van der Waals surface area contributed by atoms with Crippen molar-refractivity contribution in [3.8, 4) is 0 Å². The van der Waals surface area contributed by atoms with Gasteiger partial charge in [-0.2, -0.15) is 5.10 Å². The minimum absolute atomic E-state index is 0.263. The van der Waals surface area contributed by atoms with Crippen molar-refractivity contribution in [1.29, 1.82) is 0 Å². The summed E-state index contributed by atoms with van der Waals surface area (Å²) >= 11 is 1.44. The first-order chi connectivity index (χ1) is 12.5. The van der Waals surface area contributed by atoms with Crippen LogP contribution in [0.15, 0.2) is 24.4 Å². The number of nitrogen functional groups attached to an aromatic ring is 1. The Hall–Kier alpha value is -2.45. The summed E-state index contributed by atoms with van der Waals surface area (Å²) in [4.78, 5) is 19.5. The fourth-order valence-electron chi connectivity index (χ4n) is 3.36. The Morgan fingerprint density at radius 3 is 2.85 bits per heavy atom. The van der Waals surface area contributed by atoms with E-state index in [1.807, 2.05) is 31.4 Å². The number of fused-ring (bicyclic) bond motifs is 1. The zero-order chi connectivity index (χ0) is 18.3. The average molecular weight is 370 g/mol. The van der Waals surface area contributed by atoms with Crippen molar-refractivity contribution in [2.45, 2.75) is 18.8 Å². The summed E-state index contributed by atoms with van der Waals surface area (Å²) in [5.41, 5.74) is 8.03. The molecule has 0 unspecified atom stereocenters. The maximum absolute atomic E-state index is 12.6. The van der Waals surface area contributed by atoms with Crippen LogP contribution in [0.2, 0.25) is 0 Å². The maximum atomic E-state index is 12.6. The van der Waals surface area contributed by atoms with Crippen LogP contribution in [0.1, 0.15) is 34.3 Å². The van der Waals surface area contributed by atoms with Crippen molar-refractivity contribution >= 4 is 38.8 Å². The molecular weight excluding hydrogens is 348 g/mol. The Morgan fingerprint density at radius 1 is 1.31 bits per heavy atom. The zero-order valence-corrected chi connectivity index (χ0v) is 15.7. The standard InChI is InChI=1S/C18H22N6OS/c1-23-7-5-11(6-8-23)18-21-15(16(19)26-18)17(25)20-13-3-4-14-12(9-13)10-24(2)22-14/h3-4,9-11H,5-8,19H2,1-2H3,(H,20,25). The lowest BCUT2D eigenvalue weighted by molar-refractivity contribution is 0.102. The number of nitrogens with zero attached hydrogens (tertiary/aromatic N) is 4. The summed E-state index contributed by atoms with van der Waals surface area (Å²) < 4.78 is 1.75. The minimum atomic E-state index is -0.263. The predicted octanol–water partition coefficient (Wildman–Crippen LogP) is 2.67. The summed E-state index contributed by atoms with van der Waals surface area (Å²) in [5, 5.41) is 9.68. The van der Waals surface area contributed by atoms with Gasteiger partial charge in [-0.25, -0.2) is 4.98 Å². The second-order valence-electron chi connectivity index (χ2n) is 6.87. The molecule has 8 heteroatoms. The number of benzene rings is 1. The molecule has 3 N–H and O–H groups in total. The van der Waals surface area contributed by atoms with E-state index in [2.05, 4.69) is 27.3 Å². The van der Waals surface area contributed by atoms with E-state index >= 15 is 0 Å². The normalized spacial score (nSPS) is 16.2. The number of hydrogen-bond acceptors (Lipinski definition) is 6. The van der Waals surface area contributed by atoms with Crippen molar-refractivity contribution in [3.63, 3.8) is 0 Å². The van der Waals surface area contributed by atoms with Crippen molar-refractivity contribution in [2.75, 3.05) is 31.2 Å². The van der Waals surface area contributed by atoms with E-state index in [4.69, 9.17) is 5.73 Å². The Bertz CT molecular complexity index is 954. The van der Waals surface area contributed by atoms with Crippen LogP contribution in [0, 0.1) is 0 Å². The van der Waals surface area contributed by atoms with E-state index in [1.54, 1.807) is 4.68 Å². The van der Waals surface area contributed by atoms with E-state index in [9.17, 15) is 4.79 Å². The van der Waals surface area contributed by atoms with Crippen molar-refractivity contribution in [1.82, 2.24) is 19.7 Å². The van der Waals surface area contributed by atoms with Gasteiger partial charge >= 0.3 is 0 Å². The molecule has 2 aromatic heterocycles. The molecule has 0 bridgehead atoms. The van der Waals surface area contributed by atoms with E-state index in [1.165, 1.54) is 11.3 Å². The zero-order valence-electron chi connectivity index (χ0n) is 14.9. The molecule has 136 valence electrons. The van der Waals surface area contributed by atoms with Crippen LogP contribution in [0.3, 0.4) is 0 Å². The number of nitrogens with two attached hydrogens (primary N) is 1. The highest BCUT2D eigenvalue weighted by Gasteiger charge is 2.24. The van der Waals surface area contributed by atoms with Crippen molar-refractivity contribution < 1.29 is 4.79 Å². The van der Waals surface area contributed by atoms with E-state index in [-0.39, 0.29) is 5.91 Å². The summed E-state index contributed by atoms with van der Waals surface area (Å²) in [6, 6.07) is 5.63. The highest BCUT2D eigenvalue weighted by Crippen LogP contribution is 2.34. The molecule has 0 aliphatic carbocycles. The summed E-state index contributed by atoms with van der Waals surface area (Å²) in [6.45, 7) is 2.10.